The quantitative estimate of drug-likeness (QED) is 0.806. The van der Waals surface area contributed by atoms with Crippen LogP contribution in [-0.4, -0.2) is 66.6 Å². The van der Waals surface area contributed by atoms with Crippen LogP contribution in [0.1, 0.15) is 13.8 Å². The first-order valence-corrected chi connectivity index (χ1v) is 7.64. The zero-order valence-corrected chi connectivity index (χ0v) is 13.1. The maximum absolute atomic E-state index is 6.08. The van der Waals surface area contributed by atoms with E-state index in [0.717, 1.165) is 26.2 Å². The lowest BCUT2D eigenvalue weighted by Gasteiger charge is -2.35. The van der Waals surface area contributed by atoms with Gasteiger partial charge in [0.25, 0.3) is 0 Å². The summed E-state index contributed by atoms with van der Waals surface area (Å²) in [6.45, 7) is 8.53. The van der Waals surface area contributed by atoms with Crippen molar-refractivity contribution in [2.75, 3.05) is 49.2 Å². The monoisotopic (exact) mass is 313 g/mol. The molecule has 2 fully saturated rings. The number of hydrogen-bond donors (Lipinski definition) is 0. The number of halogens is 1. The Morgan fingerprint density at radius 3 is 2.14 bits per heavy atom. The van der Waals surface area contributed by atoms with Gasteiger partial charge in [0.2, 0.25) is 17.2 Å². The number of aromatic nitrogens is 3. The van der Waals surface area contributed by atoms with Gasteiger partial charge in [0.15, 0.2) is 0 Å². The topological polar surface area (TPSA) is 63.6 Å². The van der Waals surface area contributed by atoms with E-state index in [-0.39, 0.29) is 17.5 Å². The van der Waals surface area contributed by atoms with Crippen molar-refractivity contribution < 1.29 is 9.47 Å². The Kier molecular flexibility index (Phi) is 4.42. The summed E-state index contributed by atoms with van der Waals surface area (Å²) in [6.07, 6.45) is 0.298. The number of ether oxygens (including phenoxy) is 2. The van der Waals surface area contributed by atoms with Gasteiger partial charge in [-0.25, -0.2) is 0 Å². The fourth-order valence-corrected chi connectivity index (χ4v) is 2.87. The Bertz CT molecular complexity index is 487. The number of morpholine rings is 2. The predicted molar refractivity (Wildman–Crippen MR) is 80.1 cm³/mol. The van der Waals surface area contributed by atoms with Crippen LogP contribution < -0.4 is 9.80 Å². The van der Waals surface area contributed by atoms with Gasteiger partial charge in [0.05, 0.1) is 25.4 Å². The normalized spacial score (nSPS) is 27.0. The maximum atomic E-state index is 6.08. The van der Waals surface area contributed by atoms with Crippen molar-refractivity contribution in [2.24, 2.45) is 0 Å². The van der Waals surface area contributed by atoms with Gasteiger partial charge in [-0.1, -0.05) is 0 Å². The van der Waals surface area contributed by atoms with Gasteiger partial charge in [-0.3, -0.25) is 0 Å². The van der Waals surface area contributed by atoms with Crippen LogP contribution >= 0.6 is 11.6 Å². The van der Waals surface area contributed by atoms with Gasteiger partial charge in [0, 0.05) is 26.2 Å². The molecule has 0 N–H and O–H groups in total. The van der Waals surface area contributed by atoms with Gasteiger partial charge < -0.3 is 19.3 Å². The molecule has 2 atom stereocenters. The molecular formula is C13H20ClN5O2. The number of anilines is 2. The van der Waals surface area contributed by atoms with E-state index in [1.807, 2.05) is 13.8 Å². The SMILES string of the molecule is CC1CN(c2nc(Cl)nc(N3CCOCC3)n2)CC(C)O1. The summed E-state index contributed by atoms with van der Waals surface area (Å²) >= 11 is 6.08. The third-order valence-corrected chi connectivity index (χ3v) is 3.75. The molecule has 2 unspecified atom stereocenters. The second kappa shape index (κ2) is 6.29. The summed E-state index contributed by atoms with van der Waals surface area (Å²) in [5.74, 6) is 1.25. The highest BCUT2D eigenvalue weighted by Crippen LogP contribution is 2.21. The standard InChI is InChI=1S/C13H20ClN5O2/c1-9-7-19(8-10(2)21-9)13-16-11(14)15-12(17-13)18-3-5-20-6-4-18/h9-10H,3-8H2,1-2H3. The molecule has 1 aromatic rings. The molecular weight excluding hydrogens is 294 g/mol. The number of hydrogen-bond acceptors (Lipinski definition) is 7. The largest absolute Gasteiger partial charge is 0.378 e. The van der Waals surface area contributed by atoms with E-state index in [2.05, 4.69) is 24.8 Å². The van der Waals surface area contributed by atoms with E-state index in [9.17, 15) is 0 Å². The second-order valence-electron chi connectivity index (χ2n) is 5.47. The van der Waals surface area contributed by atoms with Crippen LogP contribution in [0.3, 0.4) is 0 Å². The summed E-state index contributed by atoms with van der Waals surface area (Å²) in [4.78, 5) is 17.3. The number of rotatable bonds is 2. The van der Waals surface area contributed by atoms with Crippen molar-refractivity contribution in [3.05, 3.63) is 5.28 Å². The minimum atomic E-state index is 0.149. The molecule has 3 rings (SSSR count). The van der Waals surface area contributed by atoms with Gasteiger partial charge >= 0.3 is 0 Å². The average Bonchev–Trinajstić information content (AvgIpc) is 2.46. The molecule has 0 spiro atoms. The maximum Gasteiger partial charge on any atom is 0.231 e. The Hall–Kier alpha value is -1.18. The Balaban J connectivity index is 1.83. The Labute approximate surface area is 129 Å². The number of nitrogens with zero attached hydrogens (tertiary/aromatic N) is 5. The summed E-state index contributed by atoms with van der Waals surface area (Å²) in [7, 11) is 0. The zero-order valence-electron chi connectivity index (χ0n) is 12.3. The second-order valence-corrected chi connectivity index (χ2v) is 5.80. The summed E-state index contributed by atoms with van der Waals surface area (Å²) in [5, 5.41) is 0.230. The van der Waals surface area contributed by atoms with Crippen LogP contribution in [0.2, 0.25) is 5.28 Å². The average molecular weight is 314 g/mol. The molecule has 0 aromatic carbocycles. The molecule has 2 aliphatic rings. The molecule has 8 heteroatoms. The molecule has 0 radical (unpaired) electrons. The molecule has 0 amide bonds. The fourth-order valence-electron chi connectivity index (χ4n) is 2.72. The Morgan fingerprint density at radius 2 is 1.52 bits per heavy atom. The smallest absolute Gasteiger partial charge is 0.231 e. The molecule has 3 heterocycles. The van der Waals surface area contributed by atoms with Crippen molar-refractivity contribution in [2.45, 2.75) is 26.1 Å². The molecule has 1 aromatic heterocycles. The highest BCUT2D eigenvalue weighted by molar-refractivity contribution is 6.28. The van der Waals surface area contributed by atoms with Crippen molar-refractivity contribution in [3.63, 3.8) is 0 Å². The molecule has 7 nitrogen and oxygen atoms in total. The van der Waals surface area contributed by atoms with Gasteiger partial charge in [0.1, 0.15) is 0 Å². The first-order chi connectivity index (χ1) is 10.1. The van der Waals surface area contributed by atoms with Crippen LogP contribution in [-0.2, 0) is 9.47 Å². The van der Waals surface area contributed by atoms with E-state index in [0.29, 0.717) is 25.1 Å². The summed E-state index contributed by atoms with van der Waals surface area (Å²) < 4.78 is 11.1. The van der Waals surface area contributed by atoms with Gasteiger partial charge in [-0.05, 0) is 25.4 Å². The highest BCUT2D eigenvalue weighted by atomic mass is 35.5. The molecule has 2 saturated heterocycles. The molecule has 116 valence electrons. The highest BCUT2D eigenvalue weighted by Gasteiger charge is 2.25. The van der Waals surface area contributed by atoms with Crippen LogP contribution in [0, 0.1) is 0 Å². The lowest BCUT2D eigenvalue weighted by molar-refractivity contribution is -0.00573. The molecule has 21 heavy (non-hydrogen) atoms. The molecule has 2 aliphatic heterocycles. The zero-order chi connectivity index (χ0) is 14.8. The lowest BCUT2D eigenvalue weighted by atomic mass is 10.2. The first kappa shape index (κ1) is 14.7. The minimum Gasteiger partial charge on any atom is -0.378 e. The van der Waals surface area contributed by atoms with Gasteiger partial charge in [-0.15, -0.1) is 0 Å². The van der Waals surface area contributed by atoms with Crippen molar-refractivity contribution >= 4 is 23.5 Å². The van der Waals surface area contributed by atoms with Crippen LogP contribution in [0.5, 0.6) is 0 Å². The van der Waals surface area contributed by atoms with E-state index in [1.54, 1.807) is 0 Å². The summed E-state index contributed by atoms with van der Waals surface area (Å²) in [5.41, 5.74) is 0. The van der Waals surface area contributed by atoms with Crippen molar-refractivity contribution in [1.82, 2.24) is 15.0 Å². The molecule has 0 aliphatic carbocycles. The Morgan fingerprint density at radius 1 is 0.952 bits per heavy atom. The molecule has 0 bridgehead atoms. The third kappa shape index (κ3) is 3.53. The van der Waals surface area contributed by atoms with Gasteiger partial charge in [-0.2, -0.15) is 15.0 Å². The lowest BCUT2D eigenvalue weighted by Crippen LogP contribution is -2.46. The third-order valence-electron chi connectivity index (χ3n) is 3.58. The first-order valence-electron chi connectivity index (χ1n) is 7.26. The van der Waals surface area contributed by atoms with E-state index in [4.69, 9.17) is 21.1 Å². The van der Waals surface area contributed by atoms with E-state index >= 15 is 0 Å². The van der Waals surface area contributed by atoms with E-state index in [1.165, 1.54) is 0 Å². The summed E-state index contributed by atoms with van der Waals surface area (Å²) in [6, 6.07) is 0. The van der Waals surface area contributed by atoms with Crippen LogP contribution in [0.15, 0.2) is 0 Å². The van der Waals surface area contributed by atoms with Crippen molar-refractivity contribution in [3.8, 4) is 0 Å². The van der Waals surface area contributed by atoms with Crippen LogP contribution in [0.4, 0.5) is 11.9 Å². The molecule has 0 saturated carbocycles. The van der Waals surface area contributed by atoms with Crippen LogP contribution in [0.25, 0.3) is 0 Å². The minimum absolute atomic E-state index is 0.149. The predicted octanol–water partition coefficient (Wildman–Crippen LogP) is 0.975. The van der Waals surface area contributed by atoms with E-state index < -0.39 is 0 Å². The fraction of sp³-hybridized carbons (Fsp3) is 0.769. The van der Waals surface area contributed by atoms with Crippen molar-refractivity contribution in [1.29, 1.82) is 0 Å².